The number of hydrogen-bond acceptors (Lipinski definition) is 3. The van der Waals surface area contributed by atoms with E-state index in [0.717, 1.165) is 11.3 Å². The van der Waals surface area contributed by atoms with Gasteiger partial charge in [-0.3, -0.25) is 4.79 Å². The Kier molecular flexibility index (Phi) is 5.13. The molecule has 1 N–H and O–H groups in total. The fraction of sp³-hybridized carbons (Fsp3) is 0.529. The van der Waals surface area contributed by atoms with Crippen molar-refractivity contribution in [3.63, 3.8) is 0 Å². The minimum atomic E-state index is -0.507. The third-order valence-corrected chi connectivity index (χ3v) is 3.95. The third-order valence-electron chi connectivity index (χ3n) is 3.95. The molecule has 1 saturated heterocycles. The van der Waals surface area contributed by atoms with E-state index in [1.807, 2.05) is 39.0 Å². The van der Waals surface area contributed by atoms with Crippen LogP contribution in [0.1, 0.15) is 26.3 Å². The van der Waals surface area contributed by atoms with E-state index in [4.69, 9.17) is 4.74 Å². The number of aryl methyl sites for hydroxylation is 1. The van der Waals surface area contributed by atoms with Gasteiger partial charge in [-0.2, -0.15) is 0 Å². The normalized spacial score (nSPS) is 18.3. The highest BCUT2D eigenvalue weighted by Gasteiger charge is 2.36. The first-order chi connectivity index (χ1) is 10.8. The molecule has 1 heterocycles. The van der Waals surface area contributed by atoms with E-state index in [1.165, 1.54) is 0 Å². The second-order valence-electron chi connectivity index (χ2n) is 6.14. The summed E-state index contributed by atoms with van der Waals surface area (Å²) >= 11 is 0. The van der Waals surface area contributed by atoms with Gasteiger partial charge < -0.3 is 19.9 Å². The smallest absolute Gasteiger partial charge is 0.318 e. The Labute approximate surface area is 137 Å². The first kappa shape index (κ1) is 17.1. The Hall–Kier alpha value is -2.24. The van der Waals surface area contributed by atoms with Gasteiger partial charge in [-0.05, 0) is 45.4 Å². The highest BCUT2D eigenvalue weighted by molar-refractivity contribution is 6.01. The number of nitrogens with one attached hydrogen (secondary N) is 1. The number of amides is 3. The van der Waals surface area contributed by atoms with Crippen molar-refractivity contribution < 1.29 is 14.3 Å². The molecule has 0 bridgehead atoms. The van der Waals surface area contributed by atoms with Crippen molar-refractivity contribution in [1.82, 2.24) is 10.2 Å². The summed E-state index contributed by atoms with van der Waals surface area (Å²) in [6, 6.07) is 5.08. The van der Waals surface area contributed by atoms with Gasteiger partial charge in [0.2, 0.25) is 5.91 Å². The second kappa shape index (κ2) is 6.89. The summed E-state index contributed by atoms with van der Waals surface area (Å²) in [7, 11) is 1.59. The number of methoxy groups -OCH3 is 1. The molecule has 1 fully saturated rings. The molecule has 1 atom stereocenters. The minimum Gasteiger partial charge on any atom is -0.495 e. The number of nitrogens with zero attached hydrogens (tertiary/aromatic N) is 2. The molecule has 0 spiro atoms. The van der Waals surface area contributed by atoms with Gasteiger partial charge in [0.05, 0.1) is 12.8 Å². The molecule has 3 amide bonds. The van der Waals surface area contributed by atoms with Crippen LogP contribution in [0.2, 0.25) is 0 Å². The lowest BCUT2D eigenvalue weighted by Gasteiger charge is -2.39. The molecule has 0 saturated carbocycles. The molecule has 0 radical (unpaired) electrons. The van der Waals surface area contributed by atoms with Crippen molar-refractivity contribution in [1.29, 1.82) is 0 Å². The van der Waals surface area contributed by atoms with E-state index in [-0.39, 0.29) is 18.0 Å². The predicted octanol–water partition coefficient (Wildman–Crippen LogP) is 2.16. The molecule has 0 aliphatic carbocycles. The highest BCUT2D eigenvalue weighted by atomic mass is 16.5. The van der Waals surface area contributed by atoms with Crippen LogP contribution in [0.3, 0.4) is 0 Å². The van der Waals surface area contributed by atoms with Gasteiger partial charge in [-0.15, -0.1) is 0 Å². The van der Waals surface area contributed by atoms with Crippen molar-refractivity contribution in [2.24, 2.45) is 0 Å². The Morgan fingerprint density at radius 1 is 1.35 bits per heavy atom. The first-order valence-electron chi connectivity index (χ1n) is 7.88. The maximum atomic E-state index is 12.8. The minimum absolute atomic E-state index is 0.0414. The van der Waals surface area contributed by atoms with Gasteiger partial charge in [0.25, 0.3) is 0 Å². The zero-order chi connectivity index (χ0) is 17.1. The van der Waals surface area contributed by atoms with E-state index in [0.29, 0.717) is 18.8 Å². The van der Waals surface area contributed by atoms with Gasteiger partial charge >= 0.3 is 6.03 Å². The number of rotatable bonds is 3. The fourth-order valence-electron chi connectivity index (χ4n) is 2.73. The number of carbonyl (C=O) groups is 2. The van der Waals surface area contributed by atoms with E-state index < -0.39 is 6.04 Å². The molecule has 1 aromatic rings. The van der Waals surface area contributed by atoms with E-state index in [1.54, 1.807) is 23.8 Å². The van der Waals surface area contributed by atoms with Gasteiger partial charge in [0.1, 0.15) is 11.8 Å². The van der Waals surface area contributed by atoms with Crippen molar-refractivity contribution in [3.8, 4) is 5.75 Å². The number of hydrogen-bond donors (Lipinski definition) is 1. The maximum Gasteiger partial charge on any atom is 0.318 e. The standard InChI is InChI=1S/C17H25N3O3/c1-11(2)18-17(22)19-8-9-20(16(21)13(19)4)14-10-12(3)6-7-15(14)23-5/h6-7,10-11,13H,8-9H2,1-5H3,(H,18,22). The monoisotopic (exact) mass is 319 g/mol. The van der Waals surface area contributed by atoms with Crippen molar-refractivity contribution in [2.75, 3.05) is 25.1 Å². The number of benzene rings is 1. The maximum absolute atomic E-state index is 12.8. The SMILES string of the molecule is COc1ccc(C)cc1N1CCN(C(=O)NC(C)C)C(C)C1=O. The van der Waals surface area contributed by atoms with Gasteiger partial charge in [0.15, 0.2) is 0 Å². The Morgan fingerprint density at radius 2 is 2.04 bits per heavy atom. The average Bonchev–Trinajstić information content (AvgIpc) is 2.49. The summed E-state index contributed by atoms with van der Waals surface area (Å²) in [6.45, 7) is 8.48. The van der Waals surface area contributed by atoms with Crippen LogP contribution in [-0.2, 0) is 4.79 Å². The lowest BCUT2D eigenvalue weighted by atomic mass is 10.1. The van der Waals surface area contributed by atoms with Crippen LogP contribution in [0.25, 0.3) is 0 Å². The first-order valence-corrected chi connectivity index (χ1v) is 7.88. The Morgan fingerprint density at radius 3 is 2.65 bits per heavy atom. The topological polar surface area (TPSA) is 61.9 Å². The number of ether oxygens (including phenoxy) is 1. The number of anilines is 1. The van der Waals surface area contributed by atoms with Crippen LogP contribution in [0, 0.1) is 6.92 Å². The number of carbonyl (C=O) groups excluding carboxylic acids is 2. The fourth-order valence-corrected chi connectivity index (χ4v) is 2.73. The molecule has 6 nitrogen and oxygen atoms in total. The molecule has 1 aliphatic rings. The van der Waals surface area contributed by atoms with Gasteiger partial charge in [0, 0.05) is 19.1 Å². The Bertz CT molecular complexity index is 601. The summed E-state index contributed by atoms with van der Waals surface area (Å²) in [5.74, 6) is 0.565. The van der Waals surface area contributed by atoms with Crippen LogP contribution in [0.4, 0.5) is 10.5 Å². The van der Waals surface area contributed by atoms with Crippen LogP contribution < -0.4 is 15.0 Å². The molecule has 1 aromatic carbocycles. The summed E-state index contributed by atoms with van der Waals surface area (Å²) < 4.78 is 5.38. The largest absolute Gasteiger partial charge is 0.495 e. The van der Waals surface area contributed by atoms with Crippen molar-refractivity contribution >= 4 is 17.6 Å². The molecule has 1 aliphatic heterocycles. The van der Waals surface area contributed by atoms with Crippen LogP contribution in [-0.4, -0.2) is 49.1 Å². The summed E-state index contributed by atoms with van der Waals surface area (Å²) in [6.07, 6.45) is 0. The van der Waals surface area contributed by atoms with E-state index in [9.17, 15) is 9.59 Å². The lowest BCUT2D eigenvalue weighted by Crippen LogP contribution is -2.60. The highest BCUT2D eigenvalue weighted by Crippen LogP contribution is 2.31. The summed E-state index contributed by atoms with van der Waals surface area (Å²) in [5, 5.41) is 2.84. The molecule has 23 heavy (non-hydrogen) atoms. The summed E-state index contributed by atoms with van der Waals surface area (Å²) in [5.41, 5.74) is 1.81. The second-order valence-corrected chi connectivity index (χ2v) is 6.14. The predicted molar refractivity (Wildman–Crippen MR) is 89.9 cm³/mol. The quantitative estimate of drug-likeness (QED) is 0.928. The third kappa shape index (κ3) is 3.57. The molecule has 126 valence electrons. The van der Waals surface area contributed by atoms with Crippen LogP contribution in [0.5, 0.6) is 5.75 Å². The number of piperazine rings is 1. The zero-order valence-electron chi connectivity index (χ0n) is 14.4. The summed E-state index contributed by atoms with van der Waals surface area (Å²) in [4.78, 5) is 28.2. The van der Waals surface area contributed by atoms with Crippen LogP contribution in [0.15, 0.2) is 18.2 Å². The van der Waals surface area contributed by atoms with E-state index in [2.05, 4.69) is 5.32 Å². The van der Waals surface area contributed by atoms with E-state index >= 15 is 0 Å². The molecule has 0 aromatic heterocycles. The van der Waals surface area contributed by atoms with Gasteiger partial charge in [-0.1, -0.05) is 6.07 Å². The lowest BCUT2D eigenvalue weighted by molar-refractivity contribution is -0.124. The molecule has 6 heteroatoms. The molecular weight excluding hydrogens is 294 g/mol. The Balaban J connectivity index is 2.22. The zero-order valence-corrected chi connectivity index (χ0v) is 14.4. The van der Waals surface area contributed by atoms with Crippen molar-refractivity contribution in [2.45, 2.75) is 39.8 Å². The average molecular weight is 319 g/mol. The van der Waals surface area contributed by atoms with Crippen LogP contribution >= 0.6 is 0 Å². The molecule has 2 rings (SSSR count). The number of urea groups is 1. The molecule has 1 unspecified atom stereocenters. The molecular formula is C17H25N3O3. The van der Waals surface area contributed by atoms with Gasteiger partial charge in [-0.25, -0.2) is 4.79 Å². The van der Waals surface area contributed by atoms with Crippen molar-refractivity contribution in [3.05, 3.63) is 23.8 Å².